The first-order chi connectivity index (χ1) is 15.8. The van der Waals surface area contributed by atoms with Crippen molar-refractivity contribution in [1.29, 1.82) is 0 Å². The van der Waals surface area contributed by atoms with Crippen LogP contribution in [-0.4, -0.2) is 51.3 Å². The van der Waals surface area contributed by atoms with Crippen molar-refractivity contribution in [2.75, 3.05) is 27.9 Å². The van der Waals surface area contributed by atoms with E-state index in [4.69, 9.17) is 14.2 Å². The SMILES string of the molecule is COc1ccc2cc(CN(C)C(=O)COC(=O)c3ccc(OC(F)F)c(OC)c3)ccc2c1. The third kappa shape index (κ3) is 6.09. The fourth-order valence-corrected chi connectivity index (χ4v) is 3.17. The Morgan fingerprint density at radius 3 is 2.33 bits per heavy atom. The highest BCUT2D eigenvalue weighted by Gasteiger charge is 2.17. The van der Waals surface area contributed by atoms with Gasteiger partial charge in [-0.15, -0.1) is 0 Å². The molecule has 0 aliphatic rings. The highest BCUT2D eigenvalue weighted by atomic mass is 19.3. The zero-order valence-corrected chi connectivity index (χ0v) is 18.3. The number of nitrogens with zero attached hydrogens (tertiary/aromatic N) is 1. The van der Waals surface area contributed by atoms with Gasteiger partial charge in [0.05, 0.1) is 19.8 Å². The number of likely N-dealkylation sites (N-methyl/N-ethyl adjacent to an activating group) is 1. The zero-order valence-electron chi connectivity index (χ0n) is 18.3. The fourth-order valence-electron chi connectivity index (χ4n) is 3.17. The number of halogens is 2. The van der Waals surface area contributed by atoms with Gasteiger partial charge in [-0.25, -0.2) is 4.79 Å². The van der Waals surface area contributed by atoms with Crippen LogP contribution >= 0.6 is 0 Å². The summed E-state index contributed by atoms with van der Waals surface area (Å²) in [5.74, 6) is -0.699. The summed E-state index contributed by atoms with van der Waals surface area (Å²) >= 11 is 0. The van der Waals surface area contributed by atoms with Crippen molar-refractivity contribution in [3.63, 3.8) is 0 Å². The second-order valence-corrected chi connectivity index (χ2v) is 7.12. The predicted molar refractivity (Wildman–Crippen MR) is 117 cm³/mol. The van der Waals surface area contributed by atoms with E-state index in [0.29, 0.717) is 6.54 Å². The number of hydrogen-bond donors (Lipinski definition) is 0. The molecule has 0 N–H and O–H groups in total. The van der Waals surface area contributed by atoms with Crippen molar-refractivity contribution in [2.45, 2.75) is 13.2 Å². The molecule has 174 valence electrons. The molecule has 0 radical (unpaired) electrons. The number of carbonyl (C=O) groups is 2. The lowest BCUT2D eigenvalue weighted by molar-refractivity contribution is -0.133. The lowest BCUT2D eigenvalue weighted by Gasteiger charge is -2.18. The summed E-state index contributed by atoms with van der Waals surface area (Å²) < 4.78 is 44.4. The topological polar surface area (TPSA) is 74.3 Å². The molecule has 33 heavy (non-hydrogen) atoms. The standard InChI is InChI=1S/C24H23F2NO6/c1-27(13-15-4-5-17-11-19(30-2)8-6-16(17)10-15)22(28)14-32-23(29)18-7-9-20(33-24(25)26)21(12-18)31-3/h4-12,24H,13-14H2,1-3H3. The van der Waals surface area contributed by atoms with Crippen LogP contribution in [0.3, 0.4) is 0 Å². The molecule has 0 saturated heterocycles. The molecule has 0 heterocycles. The summed E-state index contributed by atoms with van der Waals surface area (Å²) in [5, 5.41) is 2.02. The maximum absolute atomic E-state index is 12.4. The van der Waals surface area contributed by atoms with E-state index >= 15 is 0 Å². The molecule has 3 aromatic rings. The van der Waals surface area contributed by atoms with Gasteiger partial charge in [0.25, 0.3) is 5.91 Å². The number of carbonyl (C=O) groups excluding carboxylic acids is 2. The van der Waals surface area contributed by atoms with Gasteiger partial charge in [0.15, 0.2) is 18.1 Å². The molecule has 3 aromatic carbocycles. The van der Waals surface area contributed by atoms with Crippen LogP contribution in [0, 0.1) is 0 Å². The van der Waals surface area contributed by atoms with E-state index in [0.717, 1.165) is 22.1 Å². The molecule has 0 bridgehead atoms. The molecule has 0 unspecified atom stereocenters. The second-order valence-electron chi connectivity index (χ2n) is 7.12. The Morgan fingerprint density at radius 1 is 0.909 bits per heavy atom. The van der Waals surface area contributed by atoms with Gasteiger partial charge in [0.2, 0.25) is 0 Å². The van der Waals surface area contributed by atoms with Crippen LogP contribution in [-0.2, 0) is 16.1 Å². The number of rotatable bonds is 9. The van der Waals surface area contributed by atoms with Crippen LogP contribution in [0.1, 0.15) is 15.9 Å². The number of esters is 1. The van der Waals surface area contributed by atoms with Crippen molar-refractivity contribution in [1.82, 2.24) is 4.90 Å². The molecule has 0 fully saturated rings. The van der Waals surface area contributed by atoms with Gasteiger partial charge in [0.1, 0.15) is 5.75 Å². The average Bonchev–Trinajstić information content (AvgIpc) is 2.81. The number of ether oxygens (including phenoxy) is 4. The maximum atomic E-state index is 12.4. The van der Waals surface area contributed by atoms with Gasteiger partial charge < -0.3 is 23.8 Å². The van der Waals surface area contributed by atoms with Crippen LogP contribution in [0.25, 0.3) is 10.8 Å². The minimum atomic E-state index is -3.03. The first-order valence-corrected chi connectivity index (χ1v) is 9.91. The summed E-state index contributed by atoms with van der Waals surface area (Å²) in [6.07, 6.45) is 0. The number of amides is 1. The minimum Gasteiger partial charge on any atom is -0.497 e. The Balaban J connectivity index is 1.58. The first-order valence-electron chi connectivity index (χ1n) is 9.91. The molecular formula is C24H23F2NO6. The van der Waals surface area contributed by atoms with Crippen LogP contribution in [0.2, 0.25) is 0 Å². The number of methoxy groups -OCH3 is 2. The lowest BCUT2D eigenvalue weighted by atomic mass is 10.1. The van der Waals surface area contributed by atoms with Crippen molar-refractivity contribution < 1.29 is 37.3 Å². The summed E-state index contributed by atoms with van der Waals surface area (Å²) in [6.45, 7) is -3.18. The number of benzene rings is 3. The molecule has 0 aliphatic carbocycles. The van der Waals surface area contributed by atoms with E-state index in [1.165, 1.54) is 30.2 Å². The summed E-state index contributed by atoms with van der Waals surface area (Å²) in [5.41, 5.74) is 0.947. The van der Waals surface area contributed by atoms with Gasteiger partial charge in [-0.3, -0.25) is 4.79 Å². The molecule has 7 nitrogen and oxygen atoms in total. The van der Waals surface area contributed by atoms with Crippen molar-refractivity contribution in [3.05, 3.63) is 65.7 Å². The molecule has 1 amide bonds. The fraction of sp³-hybridized carbons (Fsp3) is 0.250. The van der Waals surface area contributed by atoms with Crippen molar-refractivity contribution in [2.24, 2.45) is 0 Å². The van der Waals surface area contributed by atoms with Gasteiger partial charge in [-0.05, 0) is 52.7 Å². The lowest BCUT2D eigenvalue weighted by Crippen LogP contribution is -2.30. The van der Waals surface area contributed by atoms with E-state index < -0.39 is 25.1 Å². The maximum Gasteiger partial charge on any atom is 0.387 e. The molecule has 0 aromatic heterocycles. The van der Waals surface area contributed by atoms with E-state index in [-0.39, 0.29) is 17.1 Å². The molecular weight excluding hydrogens is 436 g/mol. The van der Waals surface area contributed by atoms with Gasteiger partial charge in [0, 0.05) is 13.6 Å². The number of hydrogen-bond acceptors (Lipinski definition) is 6. The Labute approximate surface area is 189 Å². The average molecular weight is 459 g/mol. The Bertz CT molecular complexity index is 1150. The Morgan fingerprint density at radius 2 is 1.64 bits per heavy atom. The molecule has 0 atom stereocenters. The molecule has 0 aliphatic heterocycles. The molecule has 9 heteroatoms. The highest BCUT2D eigenvalue weighted by molar-refractivity contribution is 5.92. The van der Waals surface area contributed by atoms with E-state index in [9.17, 15) is 18.4 Å². The van der Waals surface area contributed by atoms with Gasteiger partial charge in [-0.2, -0.15) is 8.78 Å². The number of fused-ring (bicyclic) bond motifs is 1. The monoisotopic (exact) mass is 459 g/mol. The third-order valence-corrected chi connectivity index (χ3v) is 4.90. The highest BCUT2D eigenvalue weighted by Crippen LogP contribution is 2.29. The van der Waals surface area contributed by atoms with Gasteiger partial charge >= 0.3 is 12.6 Å². The predicted octanol–water partition coefficient (Wildman–Crippen LogP) is 4.27. The Hall–Kier alpha value is -3.88. The first kappa shape index (κ1) is 23.8. The summed E-state index contributed by atoms with van der Waals surface area (Å²) in [6, 6.07) is 15.2. The van der Waals surface area contributed by atoms with Crippen molar-refractivity contribution >= 4 is 22.6 Å². The number of alkyl halides is 2. The van der Waals surface area contributed by atoms with Crippen LogP contribution in [0.4, 0.5) is 8.78 Å². The van der Waals surface area contributed by atoms with E-state index in [2.05, 4.69) is 4.74 Å². The molecule has 3 rings (SSSR count). The summed E-state index contributed by atoms with van der Waals surface area (Å²) in [7, 11) is 4.47. The third-order valence-electron chi connectivity index (χ3n) is 4.90. The largest absolute Gasteiger partial charge is 0.497 e. The van der Waals surface area contributed by atoms with Crippen LogP contribution < -0.4 is 14.2 Å². The summed E-state index contributed by atoms with van der Waals surface area (Å²) in [4.78, 5) is 26.2. The van der Waals surface area contributed by atoms with Crippen LogP contribution in [0.5, 0.6) is 17.2 Å². The Kier molecular flexibility index (Phi) is 7.66. The van der Waals surface area contributed by atoms with Crippen molar-refractivity contribution in [3.8, 4) is 17.2 Å². The smallest absolute Gasteiger partial charge is 0.387 e. The molecule has 0 saturated carbocycles. The van der Waals surface area contributed by atoms with E-state index in [1.54, 1.807) is 14.2 Å². The second kappa shape index (κ2) is 10.6. The van der Waals surface area contributed by atoms with Crippen LogP contribution in [0.15, 0.2) is 54.6 Å². The normalized spacial score (nSPS) is 10.7. The minimum absolute atomic E-state index is 0.0360. The van der Waals surface area contributed by atoms with E-state index in [1.807, 2.05) is 36.4 Å². The zero-order chi connectivity index (χ0) is 24.0. The molecule has 0 spiro atoms. The van der Waals surface area contributed by atoms with Gasteiger partial charge in [-0.1, -0.05) is 18.2 Å². The quantitative estimate of drug-likeness (QED) is 0.445.